The van der Waals surface area contributed by atoms with Crippen LogP contribution in [0.1, 0.15) is 17.3 Å². The molecule has 1 saturated heterocycles. The molecule has 3 amide bonds. The van der Waals surface area contributed by atoms with Crippen molar-refractivity contribution in [3.8, 4) is 11.5 Å². The van der Waals surface area contributed by atoms with E-state index in [9.17, 15) is 24.6 Å². The van der Waals surface area contributed by atoms with Gasteiger partial charge in [-0.25, -0.2) is 0 Å². The molecule has 7 heteroatoms. The molecule has 3 N–H and O–H groups in total. The number of phenolic OH excluding ortho intramolecular Hbond substituents is 2. The Bertz CT molecular complexity index is 569. The normalized spacial score (nSPS) is 19.2. The zero-order valence-electron chi connectivity index (χ0n) is 10.1. The van der Waals surface area contributed by atoms with Crippen molar-refractivity contribution >= 4 is 17.7 Å². The summed E-state index contributed by atoms with van der Waals surface area (Å²) in [4.78, 5) is 36.0. The lowest BCUT2D eigenvalue weighted by Crippen LogP contribution is -2.58. The van der Waals surface area contributed by atoms with Crippen LogP contribution in [0, 0.1) is 0 Å². The highest BCUT2D eigenvalue weighted by molar-refractivity contribution is 6.07. The number of nitrogens with zero attached hydrogens (tertiary/aromatic N) is 1. The van der Waals surface area contributed by atoms with Crippen LogP contribution in [0.25, 0.3) is 0 Å². The first-order valence-corrected chi connectivity index (χ1v) is 5.57. The van der Waals surface area contributed by atoms with Crippen LogP contribution in [0.5, 0.6) is 11.5 Å². The quantitative estimate of drug-likeness (QED) is 0.472. The molecule has 1 aromatic carbocycles. The fourth-order valence-corrected chi connectivity index (χ4v) is 1.78. The maximum absolute atomic E-state index is 12.2. The molecule has 1 fully saturated rings. The van der Waals surface area contributed by atoms with Crippen LogP contribution in [-0.4, -0.2) is 45.4 Å². The standard InChI is InChI=1S/C12H12N2O5/c1-6-11(18)13-10(17)5-14(6)12(19)7-2-3-8(15)9(16)4-7/h2-4,6,15-16H,5H2,1H3,(H,13,17,18). The van der Waals surface area contributed by atoms with Gasteiger partial charge in [0.2, 0.25) is 11.8 Å². The molecule has 1 aliphatic heterocycles. The molecule has 2 rings (SSSR count). The van der Waals surface area contributed by atoms with Crippen LogP contribution in [-0.2, 0) is 9.59 Å². The van der Waals surface area contributed by atoms with Gasteiger partial charge in [-0.15, -0.1) is 0 Å². The second-order valence-electron chi connectivity index (χ2n) is 4.22. The summed E-state index contributed by atoms with van der Waals surface area (Å²) in [6.07, 6.45) is 0. The van der Waals surface area contributed by atoms with E-state index in [4.69, 9.17) is 0 Å². The largest absolute Gasteiger partial charge is 0.504 e. The van der Waals surface area contributed by atoms with Crippen molar-refractivity contribution in [3.63, 3.8) is 0 Å². The Balaban J connectivity index is 2.29. The van der Waals surface area contributed by atoms with Crippen LogP contribution in [0.4, 0.5) is 0 Å². The predicted octanol–water partition coefficient (Wildman–Crippen LogP) is -0.415. The summed E-state index contributed by atoms with van der Waals surface area (Å²) < 4.78 is 0. The zero-order valence-corrected chi connectivity index (χ0v) is 10.1. The highest BCUT2D eigenvalue weighted by Gasteiger charge is 2.34. The highest BCUT2D eigenvalue weighted by Crippen LogP contribution is 2.26. The second-order valence-corrected chi connectivity index (χ2v) is 4.22. The molecule has 0 bridgehead atoms. The first-order chi connectivity index (χ1) is 8.90. The lowest BCUT2D eigenvalue weighted by atomic mass is 10.1. The molecule has 1 heterocycles. The Morgan fingerprint density at radius 1 is 1.32 bits per heavy atom. The van der Waals surface area contributed by atoms with E-state index in [0.717, 1.165) is 11.0 Å². The van der Waals surface area contributed by atoms with Crippen molar-refractivity contribution in [2.45, 2.75) is 13.0 Å². The molecule has 100 valence electrons. The summed E-state index contributed by atoms with van der Waals surface area (Å²) in [5, 5.41) is 20.7. The van der Waals surface area contributed by atoms with Crippen LogP contribution in [0.15, 0.2) is 18.2 Å². The topological polar surface area (TPSA) is 107 Å². The van der Waals surface area contributed by atoms with E-state index in [-0.39, 0.29) is 17.9 Å². The van der Waals surface area contributed by atoms with Gasteiger partial charge in [-0.1, -0.05) is 0 Å². The highest BCUT2D eigenvalue weighted by atomic mass is 16.3. The van der Waals surface area contributed by atoms with E-state index >= 15 is 0 Å². The number of piperazine rings is 1. The number of amides is 3. The number of hydrogen-bond donors (Lipinski definition) is 3. The monoisotopic (exact) mass is 264 g/mol. The lowest BCUT2D eigenvalue weighted by Gasteiger charge is -2.31. The van der Waals surface area contributed by atoms with Gasteiger partial charge < -0.3 is 15.1 Å². The van der Waals surface area contributed by atoms with Crippen molar-refractivity contribution in [3.05, 3.63) is 23.8 Å². The second kappa shape index (κ2) is 4.60. The summed E-state index contributed by atoms with van der Waals surface area (Å²) >= 11 is 0. The number of aromatic hydroxyl groups is 2. The van der Waals surface area contributed by atoms with Gasteiger partial charge in [-0.2, -0.15) is 0 Å². The molecular weight excluding hydrogens is 252 g/mol. The molecule has 0 radical (unpaired) electrons. The first kappa shape index (κ1) is 12.9. The van der Waals surface area contributed by atoms with Gasteiger partial charge in [0, 0.05) is 5.56 Å². The molecule has 1 unspecified atom stereocenters. The molecule has 19 heavy (non-hydrogen) atoms. The number of hydrogen-bond acceptors (Lipinski definition) is 5. The number of imide groups is 1. The van der Waals surface area contributed by atoms with Crippen molar-refractivity contribution in [2.24, 2.45) is 0 Å². The smallest absolute Gasteiger partial charge is 0.255 e. The van der Waals surface area contributed by atoms with Gasteiger partial charge in [-0.3, -0.25) is 19.7 Å². The molecule has 0 saturated carbocycles. The van der Waals surface area contributed by atoms with Gasteiger partial charge >= 0.3 is 0 Å². The molecule has 1 aromatic rings. The van der Waals surface area contributed by atoms with Gasteiger partial charge in [0.15, 0.2) is 11.5 Å². The number of carbonyl (C=O) groups excluding carboxylic acids is 3. The molecular formula is C12H12N2O5. The number of benzene rings is 1. The lowest BCUT2D eigenvalue weighted by molar-refractivity contribution is -0.138. The minimum absolute atomic E-state index is 0.0876. The van der Waals surface area contributed by atoms with Crippen molar-refractivity contribution in [1.82, 2.24) is 10.2 Å². The number of carbonyl (C=O) groups is 3. The van der Waals surface area contributed by atoms with E-state index in [1.165, 1.54) is 19.1 Å². The Labute approximate surface area is 108 Å². The fraction of sp³-hybridized carbons (Fsp3) is 0.250. The maximum atomic E-state index is 12.2. The van der Waals surface area contributed by atoms with Gasteiger partial charge in [-0.05, 0) is 25.1 Å². The Morgan fingerprint density at radius 3 is 2.63 bits per heavy atom. The van der Waals surface area contributed by atoms with E-state index in [0.29, 0.717) is 0 Å². The third kappa shape index (κ3) is 2.35. The first-order valence-electron chi connectivity index (χ1n) is 5.57. The van der Waals surface area contributed by atoms with Crippen LogP contribution in [0.2, 0.25) is 0 Å². The van der Waals surface area contributed by atoms with Crippen molar-refractivity contribution in [1.29, 1.82) is 0 Å². The number of rotatable bonds is 1. The van der Waals surface area contributed by atoms with Crippen molar-refractivity contribution in [2.75, 3.05) is 6.54 Å². The van der Waals surface area contributed by atoms with Gasteiger partial charge in [0.25, 0.3) is 5.91 Å². The third-order valence-electron chi connectivity index (χ3n) is 2.91. The Morgan fingerprint density at radius 2 is 2.00 bits per heavy atom. The zero-order chi connectivity index (χ0) is 14.2. The Hall–Kier alpha value is -2.57. The number of phenols is 2. The summed E-state index contributed by atoms with van der Waals surface area (Å²) in [5.41, 5.74) is 0.0876. The average Bonchev–Trinajstić information content (AvgIpc) is 2.36. The maximum Gasteiger partial charge on any atom is 0.255 e. The van der Waals surface area contributed by atoms with E-state index in [2.05, 4.69) is 5.32 Å². The average molecular weight is 264 g/mol. The molecule has 1 aliphatic rings. The van der Waals surface area contributed by atoms with Crippen LogP contribution < -0.4 is 5.32 Å². The molecule has 0 spiro atoms. The van der Waals surface area contributed by atoms with Gasteiger partial charge in [0.1, 0.15) is 12.6 Å². The van der Waals surface area contributed by atoms with Crippen LogP contribution in [0.3, 0.4) is 0 Å². The predicted molar refractivity (Wildman–Crippen MR) is 63.4 cm³/mol. The fourth-order valence-electron chi connectivity index (χ4n) is 1.78. The molecule has 0 aromatic heterocycles. The van der Waals surface area contributed by atoms with E-state index < -0.39 is 29.5 Å². The molecule has 0 aliphatic carbocycles. The summed E-state index contributed by atoms with van der Waals surface area (Å²) in [6.45, 7) is 1.27. The third-order valence-corrected chi connectivity index (χ3v) is 2.91. The molecule has 1 atom stereocenters. The number of nitrogens with one attached hydrogen (secondary N) is 1. The van der Waals surface area contributed by atoms with Crippen LogP contribution >= 0.6 is 0 Å². The van der Waals surface area contributed by atoms with Gasteiger partial charge in [0.05, 0.1) is 0 Å². The van der Waals surface area contributed by atoms with E-state index in [1.54, 1.807) is 0 Å². The summed E-state index contributed by atoms with van der Waals surface area (Å²) in [7, 11) is 0. The van der Waals surface area contributed by atoms with E-state index in [1.807, 2.05) is 0 Å². The minimum atomic E-state index is -0.777. The Kier molecular flexibility index (Phi) is 3.12. The molecule has 7 nitrogen and oxygen atoms in total. The summed E-state index contributed by atoms with van der Waals surface area (Å²) in [5.74, 6) is -2.46. The SMILES string of the molecule is CC1C(=O)NC(=O)CN1C(=O)c1ccc(O)c(O)c1. The summed E-state index contributed by atoms with van der Waals surface area (Å²) in [6, 6.07) is 2.78. The van der Waals surface area contributed by atoms with Crippen molar-refractivity contribution < 1.29 is 24.6 Å². The minimum Gasteiger partial charge on any atom is -0.504 e.